The van der Waals surface area contributed by atoms with E-state index in [1.54, 1.807) is 0 Å². The predicted molar refractivity (Wildman–Crippen MR) is 119 cm³/mol. The average Bonchev–Trinajstić information content (AvgIpc) is 2.62. The van der Waals surface area contributed by atoms with Gasteiger partial charge in [-0.2, -0.15) is 0 Å². The zero-order chi connectivity index (χ0) is 22.2. The van der Waals surface area contributed by atoms with E-state index in [1.165, 1.54) is 97.3 Å². The molecule has 0 amide bonds. The first-order chi connectivity index (χ1) is 13.9. The second-order valence-corrected chi connectivity index (χ2v) is 8.21. The molecule has 29 heavy (non-hydrogen) atoms. The summed E-state index contributed by atoms with van der Waals surface area (Å²) >= 11 is 0. The van der Waals surface area contributed by atoms with Crippen LogP contribution in [0.3, 0.4) is 0 Å². The van der Waals surface area contributed by atoms with Gasteiger partial charge >= 0.3 is 11.9 Å². The van der Waals surface area contributed by atoms with Crippen LogP contribution < -0.4 is 0 Å². The van der Waals surface area contributed by atoms with Gasteiger partial charge in [-0.15, -0.1) is 0 Å². The van der Waals surface area contributed by atoms with E-state index in [-0.39, 0.29) is 5.78 Å². The van der Waals surface area contributed by atoms with Crippen molar-refractivity contribution in [2.45, 2.75) is 136 Å². The minimum atomic E-state index is -0.671. The molecule has 172 valence electrons. The van der Waals surface area contributed by atoms with E-state index in [2.05, 4.69) is 0 Å². The lowest BCUT2D eigenvalue weighted by molar-refractivity contribution is -0.138. The smallest absolute Gasteiger partial charge is 0.303 e. The van der Waals surface area contributed by atoms with Crippen molar-refractivity contribution in [3.63, 3.8) is 0 Å². The molecule has 0 atom stereocenters. The topological polar surface area (TPSA) is 91.7 Å². The second-order valence-electron chi connectivity index (χ2n) is 8.21. The van der Waals surface area contributed by atoms with Crippen LogP contribution in [0.15, 0.2) is 0 Å². The fraction of sp³-hybridized carbons (Fsp3) is 0.875. The molecular weight excluding hydrogens is 368 g/mol. The van der Waals surface area contributed by atoms with E-state index < -0.39 is 11.9 Å². The minimum Gasteiger partial charge on any atom is -0.481 e. The second kappa shape index (κ2) is 24.6. The molecule has 5 nitrogen and oxygen atoms in total. The van der Waals surface area contributed by atoms with Gasteiger partial charge in [0.05, 0.1) is 0 Å². The van der Waals surface area contributed by atoms with Crippen LogP contribution in [0.1, 0.15) is 136 Å². The average molecular weight is 415 g/mol. The highest BCUT2D eigenvalue weighted by molar-refractivity contribution is 5.72. The van der Waals surface area contributed by atoms with Crippen LogP contribution in [0.2, 0.25) is 0 Å². The Morgan fingerprint density at radius 3 is 0.690 bits per heavy atom. The van der Waals surface area contributed by atoms with E-state index in [9.17, 15) is 14.4 Å². The molecule has 0 unspecified atom stereocenters. The third kappa shape index (κ3) is 37.9. The van der Waals surface area contributed by atoms with Crippen LogP contribution in [0.5, 0.6) is 0 Å². The molecule has 0 bridgehead atoms. The van der Waals surface area contributed by atoms with Crippen molar-refractivity contribution in [2.75, 3.05) is 0 Å². The van der Waals surface area contributed by atoms with Crippen LogP contribution in [-0.2, 0) is 14.4 Å². The van der Waals surface area contributed by atoms with Crippen LogP contribution in [0, 0.1) is 0 Å². The van der Waals surface area contributed by atoms with Gasteiger partial charge < -0.3 is 15.0 Å². The van der Waals surface area contributed by atoms with Gasteiger partial charge in [0.2, 0.25) is 0 Å². The number of hydrogen-bond donors (Lipinski definition) is 2. The van der Waals surface area contributed by atoms with Crippen molar-refractivity contribution in [1.82, 2.24) is 0 Å². The third-order valence-electron chi connectivity index (χ3n) is 4.78. The summed E-state index contributed by atoms with van der Waals surface area (Å²) in [6.07, 6.45) is 21.3. The standard InChI is InChI=1S/C21H40O4.C3H6O/c22-20(23)18-16-14-12-10-8-6-4-2-1-3-5-7-9-11-13-15-17-19-21(24)25;1-3(2)4/h1-19H2,(H,22,23)(H,24,25);1-2H3. The molecule has 0 saturated carbocycles. The molecule has 0 aliphatic heterocycles. The van der Waals surface area contributed by atoms with Crippen molar-refractivity contribution in [3.8, 4) is 0 Å². The number of carboxylic acids is 2. The fourth-order valence-electron chi connectivity index (χ4n) is 3.20. The molecule has 0 saturated heterocycles. The molecule has 0 aliphatic carbocycles. The molecular formula is C24H46O5. The van der Waals surface area contributed by atoms with Gasteiger partial charge in [0.25, 0.3) is 0 Å². The number of carboxylic acid groups (broad SMARTS) is 2. The van der Waals surface area contributed by atoms with Crippen molar-refractivity contribution in [2.24, 2.45) is 0 Å². The Morgan fingerprint density at radius 2 is 0.552 bits per heavy atom. The summed E-state index contributed by atoms with van der Waals surface area (Å²) in [6, 6.07) is 0. The summed E-state index contributed by atoms with van der Waals surface area (Å²) in [5, 5.41) is 17.1. The first kappa shape index (κ1) is 29.8. The van der Waals surface area contributed by atoms with Crippen LogP contribution in [-0.4, -0.2) is 27.9 Å². The van der Waals surface area contributed by atoms with Gasteiger partial charge in [-0.3, -0.25) is 9.59 Å². The Kier molecular flexibility index (Phi) is 25.3. The van der Waals surface area contributed by atoms with Crippen molar-refractivity contribution in [1.29, 1.82) is 0 Å². The Balaban J connectivity index is 0. The monoisotopic (exact) mass is 414 g/mol. The summed E-state index contributed by atoms with van der Waals surface area (Å²) in [7, 11) is 0. The maximum Gasteiger partial charge on any atom is 0.303 e. The number of aliphatic carboxylic acids is 2. The van der Waals surface area contributed by atoms with Crippen LogP contribution >= 0.6 is 0 Å². The van der Waals surface area contributed by atoms with Crippen molar-refractivity contribution >= 4 is 17.7 Å². The Labute approximate surface area is 178 Å². The van der Waals surface area contributed by atoms with E-state index in [0.29, 0.717) is 12.8 Å². The Bertz CT molecular complexity index is 359. The molecule has 5 heteroatoms. The number of unbranched alkanes of at least 4 members (excludes halogenated alkanes) is 16. The van der Waals surface area contributed by atoms with Crippen LogP contribution in [0.4, 0.5) is 0 Å². The highest BCUT2D eigenvalue weighted by Crippen LogP contribution is 2.14. The van der Waals surface area contributed by atoms with Gasteiger partial charge in [-0.05, 0) is 26.7 Å². The molecule has 0 spiro atoms. The SMILES string of the molecule is CC(C)=O.O=C(O)CCCCCCCCCCCCCCCCCCCC(=O)O. The number of Topliss-reactive ketones (excluding diaryl/α,β-unsaturated/α-hetero) is 1. The zero-order valence-corrected chi connectivity index (χ0v) is 19.1. The van der Waals surface area contributed by atoms with Gasteiger partial charge in [-0.25, -0.2) is 0 Å². The third-order valence-corrected chi connectivity index (χ3v) is 4.78. The van der Waals surface area contributed by atoms with Crippen LogP contribution in [0.25, 0.3) is 0 Å². The highest BCUT2D eigenvalue weighted by Gasteiger charge is 1.98. The molecule has 0 aromatic heterocycles. The number of hydrogen-bond acceptors (Lipinski definition) is 3. The van der Waals surface area contributed by atoms with E-state index in [4.69, 9.17) is 10.2 Å². The van der Waals surface area contributed by atoms with Gasteiger partial charge in [-0.1, -0.05) is 96.3 Å². The van der Waals surface area contributed by atoms with Gasteiger partial charge in [0, 0.05) is 12.8 Å². The lowest BCUT2D eigenvalue weighted by Gasteiger charge is -2.03. The Hall–Kier alpha value is -1.39. The summed E-state index contributed by atoms with van der Waals surface area (Å²) < 4.78 is 0. The number of carbonyl (C=O) groups excluding carboxylic acids is 1. The predicted octanol–water partition coefficient (Wildman–Crippen LogP) is 7.16. The van der Waals surface area contributed by atoms with Gasteiger partial charge in [0.15, 0.2) is 0 Å². The molecule has 0 rings (SSSR count). The van der Waals surface area contributed by atoms with E-state index in [1.807, 2.05) is 0 Å². The molecule has 0 aromatic carbocycles. The summed E-state index contributed by atoms with van der Waals surface area (Å²) in [4.78, 5) is 30.2. The van der Waals surface area contributed by atoms with Gasteiger partial charge in [0.1, 0.15) is 5.78 Å². The number of ketones is 1. The van der Waals surface area contributed by atoms with E-state index in [0.717, 1.165) is 25.7 Å². The molecule has 0 aliphatic rings. The maximum atomic E-state index is 10.4. The molecule has 0 radical (unpaired) electrons. The summed E-state index contributed by atoms with van der Waals surface area (Å²) in [5.41, 5.74) is 0. The van der Waals surface area contributed by atoms with E-state index >= 15 is 0 Å². The summed E-state index contributed by atoms with van der Waals surface area (Å²) in [6.45, 7) is 3.06. The zero-order valence-electron chi connectivity index (χ0n) is 19.1. The van der Waals surface area contributed by atoms with Crippen molar-refractivity contribution < 1.29 is 24.6 Å². The molecule has 0 heterocycles. The van der Waals surface area contributed by atoms with Crippen molar-refractivity contribution in [3.05, 3.63) is 0 Å². The fourth-order valence-corrected chi connectivity index (χ4v) is 3.20. The highest BCUT2D eigenvalue weighted by atomic mass is 16.4. The lowest BCUT2D eigenvalue weighted by Crippen LogP contribution is -1.93. The summed E-state index contributed by atoms with van der Waals surface area (Å²) in [5.74, 6) is -1.17. The molecule has 2 N–H and O–H groups in total. The largest absolute Gasteiger partial charge is 0.481 e. The molecule has 0 fully saturated rings. The minimum absolute atomic E-state index is 0.167. The quantitative estimate of drug-likeness (QED) is 0.206. The normalized spacial score (nSPS) is 10.3. The first-order valence-corrected chi connectivity index (χ1v) is 11.8. The maximum absolute atomic E-state index is 10.4. The first-order valence-electron chi connectivity index (χ1n) is 11.8. The Morgan fingerprint density at radius 1 is 0.414 bits per heavy atom. The molecule has 0 aromatic rings. The lowest BCUT2D eigenvalue weighted by atomic mass is 10.0. The number of carbonyl (C=O) groups is 3. The number of rotatable bonds is 20.